The molecule has 5 aromatic rings. The molecule has 0 N–H and O–H groups in total. The molecule has 0 nitrogen and oxygen atoms in total. The predicted octanol–water partition coefficient (Wildman–Crippen LogP) is 27.1. The molecule has 0 unspecified atom stereocenters. The van der Waals surface area contributed by atoms with Gasteiger partial charge in [0.05, 0.1) is 0 Å². The third kappa shape index (κ3) is 29.6. The number of allylic oxidation sites excluding steroid dienone is 56. The third-order valence-corrected chi connectivity index (χ3v) is 16.4. The first-order valence-electron chi connectivity index (χ1n) is 35.2. The molecule has 0 heterocycles. The molecule has 0 spiro atoms. The van der Waals surface area contributed by atoms with Gasteiger partial charge in [0.25, 0.3) is 0 Å². The molecule has 9 aliphatic carbocycles. The Morgan fingerprint density at radius 2 is 0.566 bits per heavy atom. The van der Waals surface area contributed by atoms with E-state index in [1.165, 1.54) is 93.4 Å². The molecule has 0 bridgehead atoms. The lowest BCUT2D eigenvalue weighted by Gasteiger charge is -2.22. The molecule has 99 heavy (non-hydrogen) atoms. The molecule has 0 aromatic heterocycles. The molecule has 14 rings (SSSR count). The van der Waals surface area contributed by atoms with Crippen LogP contribution in [0.3, 0.4) is 0 Å². The van der Waals surface area contributed by atoms with Crippen molar-refractivity contribution in [1.29, 1.82) is 0 Å². The maximum atomic E-state index is 2.33. The number of hydrogen-bond donors (Lipinski definition) is 0. The fourth-order valence-corrected chi connectivity index (χ4v) is 11.2. The van der Waals surface area contributed by atoms with Crippen molar-refractivity contribution in [2.45, 2.75) is 57.8 Å². The van der Waals surface area contributed by atoms with Gasteiger partial charge in [-0.2, -0.15) is 0 Å². The van der Waals surface area contributed by atoms with Gasteiger partial charge < -0.3 is 0 Å². The lowest BCUT2D eigenvalue weighted by atomic mass is 9.83. The molecule has 0 radical (unpaired) electrons. The molecule has 0 amide bonds. The van der Waals surface area contributed by atoms with Crippen molar-refractivity contribution in [3.8, 4) is 0 Å². The predicted molar refractivity (Wildman–Crippen MR) is 436 cm³/mol. The fraction of sp³-hybridized carbons (Fsp3) is 0.111. The summed E-state index contributed by atoms with van der Waals surface area (Å²) in [5, 5.41) is 0. The number of benzene rings is 5. The van der Waals surface area contributed by atoms with Crippen LogP contribution in [0.15, 0.2) is 484 Å². The summed E-state index contributed by atoms with van der Waals surface area (Å²) >= 11 is 0. The van der Waals surface area contributed by atoms with Gasteiger partial charge in [0.2, 0.25) is 0 Å². The highest BCUT2D eigenvalue weighted by Gasteiger charge is 2.16. The van der Waals surface area contributed by atoms with Gasteiger partial charge in [0.15, 0.2) is 0 Å². The third-order valence-electron chi connectivity index (χ3n) is 16.4. The van der Waals surface area contributed by atoms with E-state index in [9.17, 15) is 0 Å². The zero-order valence-electron chi connectivity index (χ0n) is 57.4. The van der Waals surface area contributed by atoms with Gasteiger partial charge in [0.1, 0.15) is 0 Å². The Morgan fingerprint density at radius 1 is 0.242 bits per heavy atom. The minimum absolute atomic E-state index is 0.420. The zero-order valence-corrected chi connectivity index (χ0v) is 57.4. The van der Waals surface area contributed by atoms with Gasteiger partial charge in [-0.05, 0) is 111 Å². The average Bonchev–Trinajstić information content (AvgIpc) is 1.80. The monoisotopic (exact) mass is 1280 g/mol. The molecular weight excluding hydrogens is 1190 g/mol. The van der Waals surface area contributed by atoms with E-state index in [2.05, 4.69) is 358 Å². The SMILES string of the molecule is C(C=C(c1ccccc1)c1ccccc1)=C(c1ccccc1)c1ccccc1.C1=C/C=C\C=C/C=C1.C1=CC=CC(C2=CC=CCC=C2)C=C1.C1=CC=CCC=C1.C1=CCC=CC(C2CCCCC2)=C1.C1=CCC=CC(c2ccccc2)=C1.C1=C\C=C/C(/C2=C\C=C/C=C\C=C2)=C\C=C1. The summed E-state index contributed by atoms with van der Waals surface area (Å²) in [5.74, 6) is 1.27. The molecule has 1 fully saturated rings. The van der Waals surface area contributed by atoms with E-state index in [-0.39, 0.29) is 0 Å². The molecule has 9 aliphatic rings. The molecule has 0 saturated heterocycles. The van der Waals surface area contributed by atoms with E-state index in [0.29, 0.717) is 5.92 Å². The van der Waals surface area contributed by atoms with Crippen LogP contribution in [0.1, 0.15) is 85.6 Å². The lowest BCUT2D eigenvalue weighted by Crippen LogP contribution is -2.07. The largest absolute Gasteiger partial charge is 0.0807 e. The van der Waals surface area contributed by atoms with Crippen molar-refractivity contribution in [2.24, 2.45) is 11.8 Å². The second-order valence-electron chi connectivity index (χ2n) is 23.7. The summed E-state index contributed by atoms with van der Waals surface area (Å²) in [6, 6.07) is 52.7. The molecule has 5 aromatic carbocycles. The Balaban J connectivity index is 0.000000154. The minimum Gasteiger partial charge on any atom is -0.0807 e. The Hall–Kier alpha value is -11.4. The van der Waals surface area contributed by atoms with Crippen LogP contribution in [0, 0.1) is 11.8 Å². The quantitative estimate of drug-likeness (QED) is 0.129. The van der Waals surface area contributed by atoms with Gasteiger partial charge in [-0.1, -0.05) is 481 Å². The van der Waals surface area contributed by atoms with Crippen LogP contribution in [-0.2, 0) is 0 Å². The van der Waals surface area contributed by atoms with E-state index < -0.39 is 0 Å². The summed E-state index contributed by atoms with van der Waals surface area (Å²) < 4.78 is 0. The van der Waals surface area contributed by atoms with Gasteiger partial charge in [-0.25, -0.2) is 0 Å². The fourth-order valence-electron chi connectivity index (χ4n) is 11.2. The van der Waals surface area contributed by atoms with E-state index in [1.54, 1.807) is 5.57 Å². The van der Waals surface area contributed by atoms with E-state index in [4.69, 9.17) is 0 Å². The standard InChI is InChI=1S/C28H22.C16H14.C14H14.C13H18.C13H12.C8H8.C7H8/c1-5-13-23(14-6-1)27(24-15-7-2-8-16-24)21-22-28(25-17-9-3-10-18-25)26-19-11-4-12-20-26;1-3-7-11-15(12-8-4-1)16-13-9-5-2-6-10-14-16;1-2-6-10-13(9-5-1)14-11-7-3-4-8-12-14;2*1-2-5-9-12(8-4-1)13-10-6-3-7-11-13;1-2-4-6-8-7-5-3-1;1-2-4-6-7-5-3-1/h1-22H;1-14H;1-3,5-13H,4H2;1,4-5,8-9,13H,2-3,6-7,10-11H2;1,3-11H,2H2;1-8H;1-6H,7H2/b;3-1-,4-1?,5-2?,6-2?,7-3?,8-4-,9-5?,10-6?,11-7?,12-8?,13-9-,14-10?,15-11?,15-12-,16-13?,16-14+;;;;2-1-,3-1?,4-2?,5-3-,6-4?,7-5?,8-6?,8-7?;. The number of rotatable bonds is 9. The normalized spacial score (nSPS) is 19.1. The highest BCUT2D eigenvalue weighted by Crippen LogP contribution is 2.32. The number of hydrogen-bond acceptors (Lipinski definition) is 0. The van der Waals surface area contributed by atoms with Crippen molar-refractivity contribution >= 4 is 16.7 Å². The van der Waals surface area contributed by atoms with Crippen molar-refractivity contribution in [3.05, 3.63) is 512 Å². The zero-order chi connectivity index (χ0) is 68.2. The molecular formula is C99H96. The summed E-state index contributed by atoms with van der Waals surface area (Å²) in [6.07, 6.45) is 119. The smallest absolute Gasteiger partial charge is 0.0204 e. The van der Waals surface area contributed by atoms with Crippen molar-refractivity contribution in [1.82, 2.24) is 0 Å². The Bertz CT molecular complexity index is 3870. The first-order chi connectivity index (χ1) is 49.3. The van der Waals surface area contributed by atoms with Crippen LogP contribution in [-0.4, -0.2) is 0 Å². The Kier molecular flexibility index (Phi) is 35.2. The first kappa shape index (κ1) is 73.4. The maximum Gasteiger partial charge on any atom is 0.0204 e. The summed E-state index contributed by atoms with van der Waals surface area (Å²) in [5.41, 5.74) is 15.2. The first-order valence-corrected chi connectivity index (χ1v) is 35.2. The van der Waals surface area contributed by atoms with E-state index >= 15 is 0 Å². The second kappa shape index (κ2) is 47.5. The molecule has 0 atom stereocenters. The topological polar surface area (TPSA) is 0 Å². The van der Waals surface area contributed by atoms with Crippen molar-refractivity contribution in [2.75, 3.05) is 0 Å². The Labute approximate surface area is 594 Å². The highest BCUT2D eigenvalue weighted by atomic mass is 14.2. The van der Waals surface area contributed by atoms with Gasteiger partial charge in [-0.15, -0.1) is 0 Å². The lowest BCUT2D eigenvalue weighted by molar-refractivity contribution is 0.408. The average molecular weight is 1290 g/mol. The van der Waals surface area contributed by atoms with Gasteiger partial charge in [0, 0.05) is 5.92 Å². The minimum atomic E-state index is 0.420. The van der Waals surface area contributed by atoms with Crippen molar-refractivity contribution in [3.63, 3.8) is 0 Å². The summed E-state index contributed by atoms with van der Waals surface area (Å²) in [6.45, 7) is 0. The van der Waals surface area contributed by atoms with Crippen LogP contribution >= 0.6 is 0 Å². The summed E-state index contributed by atoms with van der Waals surface area (Å²) in [7, 11) is 0. The van der Waals surface area contributed by atoms with E-state index in [1.807, 2.05) is 103 Å². The van der Waals surface area contributed by atoms with Gasteiger partial charge in [-0.3, -0.25) is 0 Å². The molecule has 1 saturated carbocycles. The highest BCUT2D eigenvalue weighted by molar-refractivity contribution is 5.86. The molecule has 492 valence electrons. The second-order valence-corrected chi connectivity index (χ2v) is 23.7. The Morgan fingerprint density at radius 3 is 1.01 bits per heavy atom. The van der Waals surface area contributed by atoms with E-state index in [0.717, 1.165) is 31.6 Å². The van der Waals surface area contributed by atoms with Crippen molar-refractivity contribution < 1.29 is 0 Å². The van der Waals surface area contributed by atoms with Crippen LogP contribution < -0.4 is 0 Å². The van der Waals surface area contributed by atoms with Crippen LogP contribution in [0.4, 0.5) is 0 Å². The summed E-state index contributed by atoms with van der Waals surface area (Å²) in [4.78, 5) is 0. The van der Waals surface area contributed by atoms with Crippen LogP contribution in [0.5, 0.6) is 0 Å². The van der Waals surface area contributed by atoms with Crippen LogP contribution in [0.2, 0.25) is 0 Å². The van der Waals surface area contributed by atoms with Crippen LogP contribution in [0.25, 0.3) is 16.7 Å². The molecule has 0 aliphatic heterocycles. The molecule has 0 heteroatoms. The van der Waals surface area contributed by atoms with Gasteiger partial charge >= 0.3 is 0 Å². The maximum absolute atomic E-state index is 2.33.